The van der Waals surface area contributed by atoms with Crippen molar-refractivity contribution in [1.82, 2.24) is 10.2 Å². The van der Waals surface area contributed by atoms with Crippen LogP contribution in [0.1, 0.15) is 40.0 Å². The maximum atomic E-state index is 13.6. The number of carbonyl (C=O) groups excluding carboxylic acids is 2. The summed E-state index contributed by atoms with van der Waals surface area (Å²) in [6.45, 7) is 2.45. The number of rotatable bonds is 14. The zero-order valence-corrected chi connectivity index (χ0v) is 20.4. The van der Waals surface area contributed by atoms with E-state index < -0.39 is 11.8 Å². The first-order valence-electron chi connectivity index (χ1n) is 11.2. The van der Waals surface area contributed by atoms with Crippen LogP contribution in [0.25, 0.3) is 0 Å². The molecule has 0 aliphatic heterocycles. The predicted octanol–water partition coefficient (Wildman–Crippen LogP) is 2.72. The van der Waals surface area contributed by atoms with Crippen LogP contribution >= 0.6 is 0 Å². The van der Waals surface area contributed by atoms with E-state index >= 15 is 0 Å². The number of carbonyl (C=O) groups is 2. The molecule has 0 bridgehead atoms. The number of nitrogens with two attached hydrogens (primary N) is 1. The highest BCUT2D eigenvalue weighted by Gasteiger charge is 2.30. The highest BCUT2D eigenvalue weighted by atomic mass is 16.5. The zero-order valence-electron chi connectivity index (χ0n) is 20.4. The van der Waals surface area contributed by atoms with Crippen molar-refractivity contribution in [3.05, 3.63) is 47.5 Å². The number of methoxy groups -OCH3 is 4. The van der Waals surface area contributed by atoms with Crippen molar-refractivity contribution < 1.29 is 28.5 Å². The first kappa shape index (κ1) is 26.9. The molecule has 2 aromatic rings. The van der Waals surface area contributed by atoms with Crippen molar-refractivity contribution in [2.75, 3.05) is 54.6 Å². The maximum Gasteiger partial charge on any atom is 0.264 e. The molecule has 0 unspecified atom stereocenters. The normalized spacial score (nSPS) is 10.5. The zero-order chi connectivity index (χ0) is 24.9. The molecule has 0 aromatic heterocycles. The lowest BCUT2D eigenvalue weighted by Gasteiger charge is -2.24. The highest BCUT2D eigenvalue weighted by Crippen LogP contribution is 2.34. The quantitative estimate of drug-likeness (QED) is 0.318. The highest BCUT2D eigenvalue weighted by molar-refractivity contribution is 6.12. The number of hydrogen-bond donors (Lipinski definition) is 2. The number of imide groups is 1. The van der Waals surface area contributed by atoms with E-state index in [1.165, 1.54) is 33.3 Å². The molecule has 186 valence electrons. The van der Waals surface area contributed by atoms with Crippen LogP contribution in [0.15, 0.2) is 36.4 Å². The van der Waals surface area contributed by atoms with Crippen molar-refractivity contribution in [3.8, 4) is 23.0 Å². The van der Waals surface area contributed by atoms with Gasteiger partial charge in [-0.2, -0.15) is 0 Å². The molecule has 0 fully saturated rings. The molecule has 9 heteroatoms. The molecule has 0 spiro atoms. The summed E-state index contributed by atoms with van der Waals surface area (Å²) in [6, 6.07) is 9.98. The van der Waals surface area contributed by atoms with Gasteiger partial charge in [-0.1, -0.05) is 12.1 Å². The van der Waals surface area contributed by atoms with Crippen LogP contribution in [0.2, 0.25) is 0 Å². The van der Waals surface area contributed by atoms with Gasteiger partial charge >= 0.3 is 0 Å². The molecule has 3 N–H and O–H groups in total. The van der Waals surface area contributed by atoms with Gasteiger partial charge in [0.25, 0.3) is 11.8 Å². The lowest BCUT2D eigenvalue weighted by molar-refractivity contribution is 0.0609. The number of hydrogen-bond acceptors (Lipinski definition) is 8. The fourth-order valence-corrected chi connectivity index (χ4v) is 3.57. The number of benzene rings is 2. The molecule has 0 heterocycles. The second kappa shape index (κ2) is 14.1. The number of amides is 2. The number of ether oxygens (including phenoxy) is 4. The van der Waals surface area contributed by atoms with E-state index in [4.69, 9.17) is 24.7 Å². The summed E-state index contributed by atoms with van der Waals surface area (Å²) in [7, 11) is 5.90. The Labute approximate surface area is 201 Å². The van der Waals surface area contributed by atoms with Gasteiger partial charge in [0.1, 0.15) is 0 Å². The summed E-state index contributed by atoms with van der Waals surface area (Å²) >= 11 is 0. The van der Waals surface area contributed by atoms with Gasteiger partial charge in [-0.3, -0.25) is 14.5 Å². The Kier molecular flexibility index (Phi) is 11.2. The van der Waals surface area contributed by atoms with Gasteiger partial charge in [0.15, 0.2) is 23.0 Å². The molecular weight excluding hydrogens is 438 g/mol. The fourth-order valence-electron chi connectivity index (χ4n) is 3.57. The Hall–Kier alpha value is -3.30. The summed E-state index contributed by atoms with van der Waals surface area (Å²) < 4.78 is 21.5. The van der Waals surface area contributed by atoms with E-state index in [1.54, 1.807) is 36.4 Å². The smallest absolute Gasteiger partial charge is 0.264 e. The molecule has 0 radical (unpaired) electrons. The molecule has 0 atom stereocenters. The molecule has 2 rings (SSSR count). The number of para-hydroxylation sites is 2. The third-order valence-electron chi connectivity index (χ3n) is 5.30. The SMILES string of the molecule is COc1cccc(C(=O)N(CCCCNCCCN)C(=O)c2cccc(OC)c2OC)c1OC. The molecule has 0 aliphatic rings. The average Bonchev–Trinajstić information content (AvgIpc) is 2.88. The lowest BCUT2D eigenvalue weighted by Crippen LogP contribution is -2.38. The van der Waals surface area contributed by atoms with Crippen molar-refractivity contribution >= 4 is 11.8 Å². The molecule has 2 aromatic carbocycles. The van der Waals surface area contributed by atoms with Crippen molar-refractivity contribution in [2.45, 2.75) is 19.3 Å². The van der Waals surface area contributed by atoms with Gasteiger partial charge in [0.2, 0.25) is 0 Å². The van der Waals surface area contributed by atoms with E-state index in [9.17, 15) is 9.59 Å². The summed E-state index contributed by atoms with van der Waals surface area (Å²) in [6.07, 6.45) is 2.30. The maximum absolute atomic E-state index is 13.6. The van der Waals surface area contributed by atoms with E-state index in [2.05, 4.69) is 5.32 Å². The standard InChI is InChI=1S/C25H35N3O6/c1-31-20-12-7-10-18(22(20)33-3)24(29)28(17-6-5-15-27-16-9-14-26)25(30)19-11-8-13-21(32-2)23(19)34-4/h7-8,10-13,27H,5-6,9,14-17,26H2,1-4H3. The topological polar surface area (TPSA) is 112 Å². The Morgan fingerprint density at radius 3 is 1.71 bits per heavy atom. The summed E-state index contributed by atoms with van der Waals surface area (Å²) in [5.74, 6) is 0.388. The summed E-state index contributed by atoms with van der Waals surface area (Å²) in [4.78, 5) is 28.5. The van der Waals surface area contributed by atoms with Crippen LogP contribution in [-0.2, 0) is 0 Å². The molecule has 0 aliphatic carbocycles. The van der Waals surface area contributed by atoms with Crippen molar-refractivity contribution in [1.29, 1.82) is 0 Å². The Balaban J connectivity index is 2.35. The van der Waals surface area contributed by atoms with Crippen LogP contribution < -0.4 is 30.0 Å². The second-order valence-corrected chi connectivity index (χ2v) is 7.44. The van der Waals surface area contributed by atoms with Gasteiger partial charge in [-0.25, -0.2) is 0 Å². The van der Waals surface area contributed by atoms with Gasteiger partial charge < -0.3 is 30.0 Å². The minimum Gasteiger partial charge on any atom is -0.493 e. The predicted molar refractivity (Wildman–Crippen MR) is 130 cm³/mol. The second-order valence-electron chi connectivity index (χ2n) is 7.44. The largest absolute Gasteiger partial charge is 0.493 e. The van der Waals surface area contributed by atoms with E-state index in [0.717, 1.165) is 25.9 Å². The van der Waals surface area contributed by atoms with Gasteiger partial charge in [-0.05, 0) is 63.2 Å². The molecule has 2 amide bonds. The Morgan fingerprint density at radius 2 is 1.26 bits per heavy atom. The number of unbranched alkanes of at least 4 members (excludes halogenated alkanes) is 1. The molecule has 9 nitrogen and oxygen atoms in total. The first-order valence-corrected chi connectivity index (χ1v) is 11.2. The third-order valence-corrected chi connectivity index (χ3v) is 5.30. The minimum absolute atomic E-state index is 0.219. The monoisotopic (exact) mass is 473 g/mol. The molecule has 0 saturated heterocycles. The summed E-state index contributed by atoms with van der Waals surface area (Å²) in [5.41, 5.74) is 5.98. The molecular formula is C25H35N3O6. The average molecular weight is 474 g/mol. The fraction of sp³-hybridized carbons (Fsp3) is 0.440. The molecule has 34 heavy (non-hydrogen) atoms. The van der Waals surface area contributed by atoms with Crippen molar-refractivity contribution in [2.24, 2.45) is 5.73 Å². The summed E-state index contributed by atoms with van der Waals surface area (Å²) in [5, 5.41) is 3.31. The Morgan fingerprint density at radius 1 is 0.765 bits per heavy atom. The number of nitrogens with one attached hydrogen (secondary N) is 1. The van der Waals surface area contributed by atoms with Gasteiger partial charge in [0, 0.05) is 6.54 Å². The van der Waals surface area contributed by atoms with Crippen LogP contribution in [-0.4, -0.2) is 71.3 Å². The van der Waals surface area contributed by atoms with E-state index in [-0.39, 0.29) is 29.2 Å². The van der Waals surface area contributed by atoms with Crippen LogP contribution in [0, 0.1) is 0 Å². The first-order chi connectivity index (χ1) is 16.5. The Bertz CT molecular complexity index is 883. The van der Waals surface area contributed by atoms with Crippen LogP contribution in [0.3, 0.4) is 0 Å². The van der Waals surface area contributed by atoms with Gasteiger partial charge in [-0.15, -0.1) is 0 Å². The van der Waals surface area contributed by atoms with E-state index in [0.29, 0.717) is 24.5 Å². The van der Waals surface area contributed by atoms with Crippen LogP contribution in [0.4, 0.5) is 0 Å². The lowest BCUT2D eigenvalue weighted by atomic mass is 10.1. The minimum atomic E-state index is -0.485. The third kappa shape index (κ3) is 6.61. The van der Waals surface area contributed by atoms with Crippen LogP contribution in [0.5, 0.6) is 23.0 Å². The van der Waals surface area contributed by atoms with E-state index in [1.807, 2.05) is 0 Å². The number of nitrogens with zero attached hydrogens (tertiary/aromatic N) is 1. The molecule has 0 saturated carbocycles. The van der Waals surface area contributed by atoms with Crippen molar-refractivity contribution in [3.63, 3.8) is 0 Å². The van der Waals surface area contributed by atoms with Gasteiger partial charge in [0.05, 0.1) is 39.6 Å².